The zero-order chi connectivity index (χ0) is 25.4. The molecule has 2 aliphatic heterocycles. The number of primary amides is 1. The molecular weight excluding hydrogens is 468 g/mol. The van der Waals surface area contributed by atoms with Gasteiger partial charge in [0.05, 0.1) is 11.7 Å². The number of benzene rings is 2. The van der Waals surface area contributed by atoms with Crippen LogP contribution in [0.5, 0.6) is 0 Å². The first-order valence-corrected chi connectivity index (χ1v) is 12.2. The van der Waals surface area contributed by atoms with E-state index in [0.29, 0.717) is 25.2 Å². The first-order valence-electron chi connectivity index (χ1n) is 11.5. The molecule has 2 saturated heterocycles. The van der Waals surface area contributed by atoms with E-state index in [4.69, 9.17) is 10.8 Å². The van der Waals surface area contributed by atoms with Crippen LogP contribution in [0.3, 0.4) is 0 Å². The number of hydrogen-bond donors (Lipinski definition) is 3. The molecule has 1 spiro atoms. The lowest BCUT2D eigenvalue weighted by Gasteiger charge is -2.43. The molecule has 1 atom stereocenters. The second-order valence-electron chi connectivity index (χ2n) is 8.89. The van der Waals surface area contributed by atoms with Crippen molar-refractivity contribution in [1.29, 1.82) is 0 Å². The molecule has 4 rings (SSSR count). The molecule has 0 aromatic heterocycles. The number of nitrogens with zero attached hydrogens (tertiary/aromatic N) is 2. The molecule has 4 N–H and O–H groups in total. The third kappa shape index (κ3) is 6.97. The Hall–Kier alpha value is -3.08. The quantitative estimate of drug-likeness (QED) is 0.407. The summed E-state index contributed by atoms with van der Waals surface area (Å²) in [5, 5.41) is 12.2. The fourth-order valence-electron chi connectivity index (χ4n) is 4.29. The molecule has 2 aromatic rings. The van der Waals surface area contributed by atoms with E-state index < -0.39 is 6.16 Å². The molecule has 188 valence electrons. The van der Waals surface area contributed by atoms with E-state index in [9.17, 15) is 14.4 Å². The Morgan fingerprint density at radius 1 is 1.11 bits per heavy atom. The van der Waals surface area contributed by atoms with E-state index in [0.717, 1.165) is 30.6 Å². The van der Waals surface area contributed by atoms with Gasteiger partial charge < -0.3 is 19.9 Å². The van der Waals surface area contributed by atoms with Gasteiger partial charge >= 0.3 is 6.16 Å². The van der Waals surface area contributed by atoms with Gasteiger partial charge in [0.1, 0.15) is 0 Å². The average molecular weight is 501 g/mol. The minimum Gasteiger partial charge on any atom is -0.449 e. The van der Waals surface area contributed by atoms with Gasteiger partial charge in [-0.2, -0.15) is 0 Å². The number of carbonyl (C=O) groups excluding carboxylic acids is 2. The van der Waals surface area contributed by atoms with Crippen LogP contribution >= 0.6 is 12.2 Å². The number of piperidine rings is 1. The van der Waals surface area contributed by atoms with Crippen LogP contribution in [-0.2, 0) is 15.5 Å². The lowest BCUT2D eigenvalue weighted by Crippen LogP contribution is -2.58. The van der Waals surface area contributed by atoms with Crippen LogP contribution in [0.4, 0.5) is 4.79 Å². The molecule has 2 aromatic carbocycles. The van der Waals surface area contributed by atoms with Gasteiger partial charge in [0.25, 0.3) is 0 Å². The van der Waals surface area contributed by atoms with Crippen LogP contribution < -0.4 is 11.1 Å². The molecule has 10 heteroatoms. The van der Waals surface area contributed by atoms with Crippen LogP contribution in [0.2, 0.25) is 0 Å². The van der Waals surface area contributed by atoms with Gasteiger partial charge in [0.2, 0.25) is 11.8 Å². The smallest absolute Gasteiger partial charge is 0.449 e. The molecule has 0 aliphatic carbocycles. The summed E-state index contributed by atoms with van der Waals surface area (Å²) in [5.41, 5.74) is 6.25. The lowest BCUT2D eigenvalue weighted by molar-refractivity contribution is -0.134. The minimum absolute atomic E-state index is 0.145. The van der Waals surface area contributed by atoms with E-state index in [1.165, 1.54) is 0 Å². The number of nitrogens with one attached hydrogen (secondary N) is 1. The highest BCUT2D eigenvalue weighted by Crippen LogP contribution is 2.37. The van der Waals surface area contributed by atoms with Gasteiger partial charge in [0.15, 0.2) is 12.2 Å². The fourth-order valence-corrected chi connectivity index (χ4v) is 4.79. The second-order valence-corrected chi connectivity index (χ2v) is 9.72. The predicted molar refractivity (Wildman–Crippen MR) is 134 cm³/mol. The summed E-state index contributed by atoms with van der Waals surface area (Å²) in [7, 11) is 0. The van der Waals surface area contributed by atoms with Crippen LogP contribution in [0, 0.1) is 5.92 Å². The summed E-state index contributed by atoms with van der Waals surface area (Å²) in [6, 6.07) is 18.6. The van der Waals surface area contributed by atoms with Gasteiger partial charge in [-0.15, -0.1) is 0 Å². The second kappa shape index (κ2) is 12.1. The normalized spacial score (nSPS) is 19.3. The third-order valence-corrected chi connectivity index (χ3v) is 6.94. The van der Waals surface area contributed by atoms with Crippen molar-refractivity contribution in [1.82, 2.24) is 14.5 Å². The van der Waals surface area contributed by atoms with E-state index in [2.05, 4.69) is 23.3 Å². The maximum Gasteiger partial charge on any atom is 0.519 e. The summed E-state index contributed by atoms with van der Waals surface area (Å²) < 4.78 is 6.48. The largest absolute Gasteiger partial charge is 0.519 e. The Labute approximate surface area is 209 Å². The van der Waals surface area contributed by atoms with Gasteiger partial charge in [-0.1, -0.05) is 62.4 Å². The van der Waals surface area contributed by atoms with E-state index in [1.807, 2.05) is 45.6 Å². The van der Waals surface area contributed by atoms with Gasteiger partial charge in [0, 0.05) is 25.2 Å². The highest BCUT2D eigenvalue weighted by atomic mass is 32.2. The molecule has 2 heterocycles. The van der Waals surface area contributed by atoms with Crippen molar-refractivity contribution >= 4 is 30.2 Å². The Morgan fingerprint density at radius 3 is 2.17 bits per heavy atom. The average Bonchev–Trinajstić information content (AvgIpc) is 3.12. The molecular formula is C25H32N4O5S. The molecule has 2 fully saturated rings. The topological polar surface area (TPSA) is 125 Å². The maximum atomic E-state index is 13.1. The number of nitrogens with two attached hydrogens (primary N) is 1. The van der Waals surface area contributed by atoms with E-state index in [-0.39, 0.29) is 29.4 Å². The first-order chi connectivity index (χ1) is 16.7. The van der Waals surface area contributed by atoms with Crippen LogP contribution in [0.15, 0.2) is 60.7 Å². The molecule has 0 bridgehead atoms. The van der Waals surface area contributed by atoms with E-state index >= 15 is 0 Å². The Balaban J connectivity index is 0.000000320. The summed E-state index contributed by atoms with van der Waals surface area (Å²) in [4.78, 5) is 36.0. The van der Waals surface area contributed by atoms with E-state index in [1.54, 1.807) is 24.3 Å². The Bertz CT molecular complexity index is 997. The third-order valence-electron chi connectivity index (χ3n) is 6.14. The first kappa shape index (κ1) is 26.5. The van der Waals surface area contributed by atoms with Crippen molar-refractivity contribution < 1.29 is 23.7 Å². The van der Waals surface area contributed by atoms with Gasteiger partial charge in [-0.05, 0) is 36.5 Å². The van der Waals surface area contributed by atoms with Crippen molar-refractivity contribution in [2.75, 3.05) is 13.1 Å². The summed E-state index contributed by atoms with van der Waals surface area (Å²) in [6.45, 7) is 5.99. The highest BCUT2D eigenvalue weighted by Gasteiger charge is 2.52. The monoisotopic (exact) mass is 500 g/mol. The summed E-state index contributed by atoms with van der Waals surface area (Å²) >= 11 is 0.863. The Morgan fingerprint density at radius 2 is 1.69 bits per heavy atom. The Kier molecular flexibility index (Phi) is 9.13. The molecule has 9 nitrogen and oxygen atoms in total. The van der Waals surface area contributed by atoms with Crippen LogP contribution in [-0.4, -0.2) is 57.1 Å². The van der Waals surface area contributed by atoms with Gasteiger partial charge in [-0.25, -0.2) is 9.10 Å². The zero-order valence-corrected chi connectivity index (χ0v) is 20.7. The molecule has 35 heavy (non-hydrogen) atoms. The van der Waals surface area contributed by atoms with Crippen LogP contribution in [0.25, 0.3) is 0 Å². The number of carbonyl (C=O) groups is 3. The molecule has 2 amide bonds. The molecule has 0 saturated carbocycles. The summed E-state index contributed by atoms with van der Waals surface area (Å²) in [5.74, 6) is -0.0229. The van der Waals surface area contributed by atoms with Crippen molar-refractivity contribution in [2.45, 2.75) is 44.9 Å². The number of carboxylic acid groups (broad SMARTS) is 1. The standard InChI is InChI=1S/C18H25N3O4S.C7H7NO/c1-13(2)15-16(22)21(12-14-6-4-3-5-7-14)18(19-15)8-10-20(11-9-18)26-25-17(23)24;8-7(9)6-4-2-1-3-5-6/h3-7,13,15,19H,8-12H2,1-2H3,(H,23,24);1-5H,(H2,8,9). The number of rotatable bonds is 6. The molecule has 1 unspecified atom stereocenters. The van der Waals surface area contributed by atoms with Crippen LogP contribution in [0.1, 0.15) is 42.6 Å². The minimum atomic E-state index is -1.30. The van der Waals surface area contributed by atoms with Crippen molar-refractivity contribution in [2.24, 2.45) is 11.7 Å². The van der Waals surface area contributed by atoms with Crippen molar-refractivity contribution in [3.63, 3.8) is 0 Å². The molecule has 0 radical (unpaired) electrons. The number of amides is 2. The number of hydrogen-bond acceptors (Lipinski definition) is 7. The van der Waals surface area contributed by atoms with Crippen molar-refractivity contribution in [3.05, 3.63) is 71.8 Å². The SMILES string of the molecule is CC(C)C1NC2(CCN(SOC(=O)O)CC2)N(Cc2ccccc2)C1=O.NC(=O)c1ccccc1. The fraction of sp³-hybridized carbons (Fsp3) is 0.400. The zero-order valence-electron chi connectivity index (χ0n) is 19.9. The highest BCUT2D eigenvalue weighted by molar-refractivity contribution is 7.92. The van der Waals surface area contributed by atoms with Gasteiger partial charge in [-0.3, -0.25) is 14.9 Å². The lowest BCUT2D eigenvalue weighted by atomic mass is 9.96. The molecule has 2 aliphatic rings. The van der Waals surface area contributed by atoms with Crippen molar-refractivity contribution in [3.8, 4) is 0 Å². The summed E-state index contributed by atoms with van der Waals surface area (Å²) in [6.07, 6.45) is 0.158. The maximum absolute atomic E-state index is 13.1. The predicted octanol–water partition coefficient (Wildman–Crippen LogP) is 3.48.